The predicted octanol–water partition coefficient (Wildman–Crippen LogP) is 5.22. The van der Waals surface area contributed by atoms with Crippen LogP contribution in [0.2, 0.25) is 0 Å². The maximum atomic E-state index is 13.7. The van der Waals surface area contributed by atoms with E-state index in [4.69, 9.17) is 5.73 Å². The number of benzene rings is 3. The van der Waals surface area contributed by atoms with Crippen molar-refractivity contribution in [3.05, 3.63) is 71.8 Å². The van der Waals surface area contributed by atoms with Crippen LogP contribution in [0.1, 0.15) is 5.56 Å². The molecule has 118 valence electrons. The number of rotatable bonds is 1. The van der Waals surface area contributed by atoms with Crippen LogP contribution in [0, 0.1) is 18.6 Å². The molecule has 24 heavy (non-hydrogen) atoms. The Morgan fingerprint density at radius 3 is 2.38 bits per heavy atom. The second-order valence-corrected chi connectivity index (χ2v) is 5.90. The van der Waals surface area contributed by atoms with Crippen molar-refractivity contribution in [3.63, 3.8) is 0 Å². The molecule has 4 heteroatoms. The van der Waals surface area contributed by atoms with Crippen LogP contribution in [-0.4, -0.2) is 4.98 Å². The minimum absolute atomic E-state index is 0.315. The van der Waals surface area contributed by atoms with Gasteiger partial charge in [-0.3, -0.25) is 0 Å². The second-order valence-electron chi connectivity index (χ2n) is 5.90. The molecule has 0 aliphatic carbocycles. The molecule has 0 radical (unpaired) electrons. The fourth-order valence-electron chi connectivity index (χ4n) is 3.03. The van der Waals surface area contributed by atoms with Crippen molar-refractivity contribution in [1.82, 2.24) is 4.98 Å². The monoisotopic (exact) mass is 320 g/mol. The summed E-state index contributed by atoms with van der Waals surface area (Å²) in [4.78, 5) is 4.63. The third-order valence-corrected chi connectivity index (χ3v) is 4.18. The average molecular weight is 320 g/mol. The summed E-state index contributed by atoms with van der Waals surface area (Å²) in [6.45, 7) is 1.97. The maximum Gasteiger partial charge on any atom is 0.124 e. The molecule has 3 aromatic carbocycles. The second kappa shape index (κ2) is 5.27. The highest BCUT2D eigenvalue weighted by atomic mass is 19.1. The molecular weight excluding hydrogens is 306 g/mol. The van der Waals surface area contributed by atoms with Crippen molar-refractivity contribution in [3.8, 4) is 11.3 Å². The zero-order valence-electron chi connectivity index (χ0n) is 13.0. The molecule has 4 aromatic rings. The highest BCUT2D eigenvalue weighted by Crippen LogP contribution is 2.35. The van der Waals surface area contributed by atoms with E-state index in [0.29, 0.717) is 22.5 Å². The van der Waals surface area contributed by atoms with E-state index >= 15 is 0 Å². The molecule has 0 fully saturated rings. The Balaban J connectivity index is 2.19. The SMILES string of the molecule is Cc1ccc2c(-c3cc(F)ccc3N)nc3ccc(F)cc3c2c1. The van der Waals surface area contributed by atoms with Gasteiger partial charge in [-0.1, -0.05) is 23.8 Å². The lowest BCUT2D eigenvalue weighted by Gasteiger charge is -2.12. The number of anilines is 1. The Kier molecular flexibility index (Phi) is 3.20. The summed E-state index contributed by atoms with van der Waals surface area (Å²) in [6.07, 6.45) is 0. The summed E-state index contributed by atoms with van der Waals surface area (Å²) in [5.41, 5.74) is 9.33. The zero-order valence-corrected chi connectivity index (χ0v) is 13.0. The Labute approximate surface area is 137 Å². The van der Waals surface area contributed by atoms with Crippen molar-refractivity contribution >= 4 is 27.4 Å². The van der Waals surface area contributed by atoms with Gasteiger partial charge in [0.1, 0.15) is 11.6 Å². The first kappa shape index (κ1) is 14.6. The van der Waals surface area contributed by atoms with Crippen molar-refractivity contribution in [2.24, 2.45) is 0 Å². The fourth-order valence-corrected chi connectivity index (χ4v) is 3.03. The molecule has 0 amide bonds. The topological polar surface area (TPSA) is 38.9 Å². The third kappa shape index (κ3) is 2.27. The molecule has 0 aliphatic heterocycles. The quantitative estimate of drug-likeness (QED) is 0.385. The molecule has 1 heterocycles. The highest BCUT2D eigenvalue weighted by Gasteiger charge is 2.14. The van der Waals surface area contributed by atoms with E-state index in [2.05, 4.69) is 4.98 Å². The first-order chi connectivity index (χ1) is 11.5. The number of halogens is 2. The van der Waals surface area contributed by atoms with E-state index < -0.39 is 0 Å². The average Bonchev–Trinajstić information content (AvgIpc) is 2.56. The Morgan fingerprint density at radius 2 is 1.54 bits per heavy atom. The molecular formula is C20H14F2N2. The van der Waals surface area contributed by atoms with Crippen molar-refractivity contribution in [2.45, 2.75) is 6.92 Å². The van der Waals surface area contributed by atoms with Gasteiger partial charge in [-0.15, -0.1) is 0 Å². The molecule has 0 saturated carbocycles. The third-order valence-electron chi connectivity index (χ3n) is 4.18. The normalized spacial score (nSPS) is 11.3. The number of nitrogen functional groups attached to an aromatic ring is 1. The van der Waals surface area contributed by atoms with Gasteiger partial charge in [-0.2, -0.15) is 0 Å². The summed E-state index contributed by atoms with van der Waals surface area (Å²) in [5, 5.41) is 2.42. The summed E-state index contributed by atoms with van der Waals surface area (Å²) in [5.74, 6) is -0.689. The molecule has 2 N–H and O–H groups in total. The van der Waals surface area contributed by atoms with Crippen LogP contribution in [0.15, 0.2) is 54.6 Å². The predicted molar refractivity (Wildman–Crippen MR) is 93.8 cm³/mol. The van der Waals surface area contributed by atoms with Crippen LogP contribution >= 0.6 is 0 Å². The summed E-state index contributed by atoms with van der Waals surface area (Å²) in [7, 11) is 0. The van der Waals surface area contributed by atoms with Crippen molar-refractivity contribution < 1.29 is 8.78 Å². The van der Waals surface area contributed by atoms with E-state index in [9.17, 15) is 8.78 Å². The lowest BCUT2D eigenvalue weighted by Crippen LogP contribution is -1.96. The van der Waals surface area contributed by atoms with Gasteiger partial charge in [-0.25, -0.2) is 13.8 Å². The van der Waals surface area contributed by atoms with Gasteiger partial charge in [0.15, 0.2) is 0 Å². The number of pyridine rings is 1. The van der Waals surface area contributed by atoms with Gasteiger partial charge in [0.05, 0.1) is 11.2 Å². The van der Waals surface area contributed by atoms with Crippen molar-refractivity contribution in [2.75, 3.05) is 5.73 Å². The number of fused-ring (bicyclic) bond motifs is 3. The molecule has 2 nitrogen and oxygen atoms in total. The largest absolute Gasteiger partial charge is 0.398 e. The Bertz CT molecular complexity index is 1100. The van der Waals surface area contributed by atoms with Crippen LogP contribution in [0.25, 0.3) is 32.9 Å². The van der Waals surface area contributed by atoms with Gasteiger partial charge >= 0.3 is 0 Å². The van der Waals surface area contributed by atoms with E-state index in [1.165, 1.54) is 30.3 Å². The fraction of sp³-hybridized carbons (Fsp3) is 0.0500. The summed E-state index contributed by atoms with van der Waals surface area (Å²) < 4.78 is 27.4. The van der Waals surface area contributed by atoms with Crippen LogP contribution in [0.3, 0.4) is 0 Å². The van der Waals surface area contributed by atoms with Crippen LogP contribution in [0.4, 0.5) is 14.5 Å². The van der Waals surface area contributed by atoms with Gasteiger partial charge < -0.3 is 5.73 Å². The van der Waals surface area contributed by atoms with Crippen LogP contribution in [0.5, 0.6) is 0 Å². The molecule has 1 aromatic heterocycles. The minimum atomic E-state index is -0.375. The molecule has 0 aliphatic rings. The number of aromatic nitrogens is 1. The number of nitrogens with two attached hydrogens (primary N) is 1. The summed E-state index contributed by atoms with van der Waals surface area (Å²) in [6, 6.07) is 14.6. The van der Waals surface area contributed by atoms with E-state index in [-0.39, 0.29) is 11.6 Å². The van der Waals surface area contributed by atoms with Crippen LogP contribution in [-0.2, 0) is 0 Å². The van der Waals surface area contributed by atoms with E-state index in [1.54, 1.807) is 6.07 Å². The first-order valence-corrected chi connectivity index (χ1v) is 7.58. The number of nitrogens with zero attached hydrogens (tertiary/aromatic N) is 1. The van der Waals surface area contributed by atoms with Crippen molar-refractivity contribution in [1.29, 1.82) is 0 Å². The van der Waals surface area contributed by atoms with Gasteiger partial charge in [-0.05, 0) is 48.7 Å². The molecule has 0 unspecified atom stereocenters. The number of hydrogen-bond acceptors (Lipinski definition) is 2. The van der Waals surface area contributed by atoms with E-state index in [0.717, 1.165) is 21.7 Å². The van der Waals surface area contributed by atoms with Gasteiger partial charge in [0.25, 0.3) is 0 Å². The Morgan fingerprint density at radius 1 is 0.792 bits per heavy atom. The molecule has 0 spiro atoms. The van der Waals surface area contributed by atoms with Crippen LogP contribution < -0.4 is 5.73 Å². The molecule has 4 rings (SSSR count). The number of hydrogen-bond donors (Lipinski definition) is 1. The zero-order chi connectivity index (χ0) is 16.8. The first-order valence-electron chi connectivity index (χ1n) is 7.58. The standard InChI is InChI=1S/C20H14F2N2/c1-11-2-5-14-15(8-11)16-9-13(22)4-7-19(16)24-20(14)17-10-12(21)3-6-18(17)23/h2-10H,23H2,1H3. The Hall–Kier alpha value is -3.01. The lowest BCUT2D eigenvalue weighted by atomic mass is 9.97. The highest BCUT2D eigenvalue weighted by molar-refractivity contribution is 6.11. The summed E-state index contributed by atoms with van der Waals surface area (Å²) >= 11 is 0. The van der Waals surface area contributed by atoms with E-state index in [1.807, 2.05) is 25.1 Å². The molecule has 0 saturated heterocycles. The smallest absolute Gasteiger partial charge is 0.124 e. The molecule has 0 atom stereocenters. The lowest BCUT2D eigenvalue weighted by molar-refractivity contribution is 0.628. The van der Waals surface area contributed by atoms with Gasteiger partial charge in [0.2, 0.25) is 0 Å². The minimum Gasteiger partial charge on any atom is -0.398 e. The maximum absolute atomic E-state index is 13.7. The van der Waals surface area contributed by atoms with Gasteiger partial charge in [0, 0.05) is 22.0 Å². The number of aryl methyl sites for hydroxylation is 1. The molecule has 0 bridgehead atoms.